The van der Waals surface area contributed by atoms with Crippen molar-refractivity contribution in [2.75, 3.05) is 24.6 Å². The van der Waals surface area contributed by atoms with Gasteiger partial charge in [-0.3, -0.25) is 4.68 Å². The molecular weight excluding hydrogens is 429 g/mol. The number of rotatable bonds is 3. The maximum atomic E-state index is 14.9. The van der Waals surface area contributed by atoms with Crippen LogP contribution in [0, 0.1) is 19.7 Å². The van der Waals surface area contributed by atoms with Crippen LogP contribution in [0.25, 0.3) is 22.2 Å². The molecule has 1 unspecified atom stereocenters. The van der Waals surface area contributed by atoms with E-state index >= 15 is 0 Å². The smallest absolute Gasteiger partial charge is 0.132 e. The van der Waals surface area contributed by atoms with E-state index in [1.54, 1.807) is 16.8 Å². The van der Waals surface area contributed by atoms with Gasteiger partial charge in [0.05, 0.1) is 35.2 Å². The average molecular weight is 452 g/mol. The number of anilines is 1. The molecule has 6 nitrogen and oxygen atoms in total. The zero-order chi connectivity index (χ0) is 22.4. The van der Waals surface area contributed by atoms with Crippen LogP contribution < -0.4 is 4.90 Å². The lowest BCUT2D eigenvalue weighted by Crippen LogP contribution is -2.38. The molecular formula is C24H23ClFN5O. The van der Waals surface area contributed by atoms with Crippen molar-refractivity contribution in [3.8, 4) is 11.1 Å². The SMILES string of the molecule is Cc1nc2cc(N3CCOC(c4cnn(C)c4)C3)cc(-c3ccc(Cl)cc3F)c2nc1C. The standard InChI is InChI=1S/C24H23ClFN5O/c1-14-15(2)29-24-20(19-5-4-17(25)8-21(19)26)9-18(10-22(24)28-14)31-6-7-32-23(13-31)16-11-27-30(3)12-16/h4-5,8-12,23H,6-7,13H2,1-3H3. The Morgan fingerprint density at radius 3 is 2.66 bits per heavy atom. The Bertz CT molecular complexity index is 1320. The van der Waals surface area contributed by atoms with Crippen molar-refractivity contribution >= 4 is 28.3 Å². The molecule has 0 aliphatic carbocycles. The minimum Gasteiger partial charge on any atom is -0.370 e. The Labute approximate surface area is 190 Å². The van der Waals surface area contributed by atoms with Crippen molar-refractivity contribution in [3.05, 3.63) is 70.5 Å². The molecule has 164 valence electrons. The van der Waals surface area contributed by atoms with Crippen molar-refractivity contribution in [1.82, 2.24) is 19.7 Å². The van der Waals surface area contributed by atoms with Crippen LogP contribution in [0.15, 0.2) is 42.7 Å². The third kappa shape index (κ3) is 3.82. The van der Waals surface area contributed by atoms with Gasteiger partial charge in [-0.05, 0) is 44.2 Å². The lowest BCUT2D eigenvalue weighted by atomic mass is 10.0. The van der Waals surface area contributed by atoms with Crippen molar-refractivity contribution in [3.63, 3.8) is 0 Å². The molecule has 32 heavy (non-hydrogen) atoms. The van der Waals surface area contributed by atoms with Crippen molar-refractivity contribution in [1.29, 1.82) is 0 Å². The van der Waals surface area contributed by atoms with E-state index in [1.165, 1.54) is 6.07 Å². The lowest BCUT2D eigenvalue weighted by molar-refractivity contribution is 0.0397. The minimum absolute atomic E-state index is 0.0882. The van der Waals surface area contributed by atoms with Gasteiger partial charge in [-0.1, -0.05) is 11.6 Å². The molecule has 0 radical (unpaired) electrons. The van der Waals surface area contributed by atoms with Crippen molar-refractivity contribution < 1.29 is 9.13 Å². The van der Waals surface area contributed by atoms with Crippen LogP contribution >= 0.6 is 11.6 Å². The van der Waals surface area contributed by atoms with Crippen LogP contribution in [-0.2, 0) is 11.8 Å². The van der Waals surface area contributed by atoms with Gasteiger partial charge in [0.25, 0.3) is 0 Å². The number of benzene rings is 2. The number of hydrogen-bond donors (Lipinski definition) is 0. The van der Waals surface area contributed by atoms with E-state index in [4.69, 9.17) is 26.3 Å². The van der Waals surface area contributed by atoms with Gasteiger partial charge >= 0.3 is 0 Å². The highest BCUT2D eigenvalue weighted by Crippen LogP contribution is 2.36. The molecule has 0 spiro atoms. The Hall–Kier alpha value is -3.03. The molecule has 5 rings (SSSR count). The first-order valence-electron chi connectivity index (χ1n) is 10.5. The molecule has 4 aromatic rings. The number of fused-ring (bicyclic) bond motifs is 1. The van der Waals surface area contributed by atoms with Crippen LogP contribution in [0.2, 0.25) is 5.02 Å². The van der Waals surface area contributed by atoms with Gasteiger partial charge in [0.15, 0.2) is 0 Å². The van der Waals surface area contributed by atoms with Crippen LogP contribution in [0.4, 0.5) is 10.1 Å². The van der Waals surface area contributed by atoms with E-state index in [9.17, 15) is 4.39 Å². The summed E-state index contributed by atoms with van der Waals surface area (Å²) in [6.45, 7) is 5.82. The van der Waals surface area contributed by atoms with Gasteiger partial charge in [0.2, 0.25) is 0 Å². The summed E-state index contributed by atoms with van der Waals surface area (Å²) in [5, 5.41) is 4.63. The van der Waals surface area contributed by atoms with Gasteiger partial charge in [-0.15, -0.1) is 0 Å². The van der Waals surface area contributed by atoms with E-state index in [-0.39, 0.29) is 11.9 Å². The van der Waals surface area contributed by atoms with Crippen molar-refractivity contribution in [2.45, 2.75) is 20.0 Å². The fourth-order valence-corrected chi connectivity index (χ4v) is 4.26. The molecule has 2 aromatic heterocycles. The molecule has 1 fully saturated rings. The summed E-state index contributed by atoms with van der Waals surface area (Å²) in [5.41, 5.74) is 6.23. The second-order valence-corrected chi connectivity index (χ2v) is 8.57. The van der Waals surface area contributed by atoms with Crippen LogP contribution in [-0.4, -0.2) is 39.4 Å². The monoisotopic (exact) mass is 451 g/mol. The third-order valence-corrected chi connectivity index (χ3v) is 6.15. The van der Waals surface area contributed by atoms with Crippen LogP contribution in [0.5, 0.6) is 0 Å². The molecule has 3 heterocycles. The van der Waals surface area contributed by atoms with E-state index in [2.05, 4.69) is 10.00 Å². The highest BCUT2D eigenvalue weighted by atomic mass is 35.5. The first-order chi connectivity index (χ1) is 15.4. The molecule has 1 atom stereocenters. The van der Waals surface area contributed by atoms with E-state index in [0.717, 1.165) is 34.7 Å². The zero-order valence-electron chi connectivity index (χ0n) is 18.1. The molecule has 0 amide bonds. The molecule has 0 N–H and O–H groups in total. The number of aromatic nitrogens is 4. The van der Waals surface area contributed by atoms with E-state index < -0.39 is 0 Å². The number of ether oxygens (including phenoxy) is 1. The summed E-state index contributed by atoms with van der Waals surface area (Å²) in [6.07, 6.45) is 3.72. The number of nitrogens with zero attached hydrogens (tertiary/aromatic N) is 5. The van der Waals surface area contributed by atoms with Gasteiger partial charge in [-0.2, -0.15) is 5.10 Å². The summed E-state index contributed by atoms with van der Waals surface area (Å²) in [7, 11) is 1.89. The minimum atomic E-state index is -0.383. The number of halogens is 2. The number of hydrogen-bond acceptors (Lipinski definition) is 5. The van der Waals surface area contributed by atoms with Crippen molar-refractivity contribution in [2.24, 2.45) is 7.05 Å². The summed E-state index contributed by atoms with van der Waals surface area (Å²) < 4.78 is 22.7. The maximum absolute atomic E-state index is 14.9. The Morgan fingerprint density at radius 1 is 1.09 bits per heavy atom. The first-order valence-corrected chi connectivity index (χ1v) is 10.9. The van der Waals surface area contributed by atoms with Gasteiger partial charge < -0.3 is 9.64 Å². The van der Waals surface area contributed by atoms with Gasteiger partial charge in [0.1, 0.15) is 11.9 Å². The third-order valence-electron chi connectivity index (χ3n) is 5.92. The molecule has 1 aliphatic heterocycles. The fraction of sp³-hybridized carbons (Fsp3) is 0.292. The lowest BCUT2D eigenvalue weighted by Gasteiger charge is -2.34. The largest absolute Gasteiger partial charge is 0.370 e. The topological polar surface area (TPSA) is 56.1 Å². The predicted octanol–water partition coefficient (Wildman–Crippen LogP) is 5.02. The molecule has 8 heteroatoms. The van der Waals surface area contributed by atoms with Gasteiger partial charge in [-0.25, -0.2) is 14.4 Å². The quantitative estimate of drug-likeness (QED) is 0.438. The zero-order valence-corrected chi connectivity index (χ0v) is 18.9. The second-order valence-electron chi connectivity index (χ2n) is 8.13. The van der Waals surface area contributed by atoms with E-state index in [0.29, 0.717) is 34.8 Å². The first kappa shape index (κ1) is 20.8. The highest BCUT2D eigenvalue weighted by molar-refractivity contribution is 6.30. The highest BCUT2D eigenvalue weighted by Gasteiger charge is 2.25. The summed E-state index contributed by atoms with van der Waals surface area (Å²) in [4.78, 5) is 11.8. The number of aryl methyl sites for hydroxylation is 3. The van der Waals surface area contributed by atoms with Crippen LogP contribution in [0.3, 0.4) is 0 Å². The average Bonchev–Trinajstić information content (AvgIpc) is 3.21. The number of morpholine rings is 1. The molecule has 2 aromatic carbocycles. The Kier molecular flexibility index (Phi) is 5.31. The normalized spacial score (nSPS) is 16.7. The molecule has 1 aliphatic rings. The molecule has 1 saturated heterocycles. The van der Waals surface area contributed by atoms with Gasteiger partial charge in [0, 0.05) is 53.7 Å². The Morgan fingerprint density at radius 2 is 1.91 bits per heavy atom. The maximum Gasteiger partial charge on any atom is 0.132 e. The predicted molar refractivity (Wildman–Crippen MR) is 124 cm³/mol. The molecule has 0 bridgehead atoms. The Balaban J connectivity index is 1.62. The fourth-order valence-electron chi connectivity index (χ4n) is 4.10. The summed E-state index contributed by atoms with van der Waals surface area (Å²) >= 11 is 6.00. The summed E-state index contributed by atoms with van der Waals surface area (Å²) in [6, 6.07) is 8.74. The van der Waals surface area contributed by atoms with E-state index in [1.807, 2.05) is 45.4 Å². The second kappa shape index (κ2) is 8.15. The summed E-state index contributed by atoms with van der Waals surface area (Å²) in [5.74, 6) is -0.383. The van der Waals surface area contributed by atoms with Crippen LogP contribution in [0.1, 0.15) is 23.1 Å². The molecule has 0 saturated carbocycles.